The van der Waals surface area contributed by atoms with Gasteiger partial charge in [0.2, 0.25) is 0 Å². The van der Waals surface area contributed by atoms with Gasteiger partial charge in [-0.25, -0.2) is 4.98 Å². The molecule has 1 aliphatic rings. The average molecular weight is 371 g/mol. The molecule has 0 bridgehead atoms. The number of carbonyl (C=O) groups is 1. The van der Waals surface area contributed by atoms with Crippen molar-refractivity contribution in [1.29, 1.82) is 0 Å². The van der Waals surface area contributed by atoms with Gasteiger partial charge in [0.1, 0.15) is 11.3 Å². The number of nitrogens with zero attached hydrogens (tertiary/aromatic N) is 4. The fourth-order valence-electron chi connectivity index (χ4n) is 3.33. The zero-order valence-corrected chi connectivity index (χ0v) is 15.4. The molecule has 1 N–H and O–H groups in total. The molecule has 0 aromatic carbocycles. The first-order valence-electron chi connectivity index (χ1n) is 8.84. The maximum absolute atomic E-state index is 12.6. The average Bonchev–Trinajstić information content (AvgIpc) is 3.34. The van der Waals surface area contributed by atoms with Crippen molar-refractivity contribution in [1.82, 2.24) is 23.9 Å². The number of amides is 1. The molecule has 0 aliphatic carbocycles. The fourth-order valence-corrected chi connectivity index (χ4v) is 3.81. The zero-order valence-electron chi connectivity index (χ0n) is 14.6. The summed E-state index contributed by atoms with van der Waals surface area (Å²) in [5, 5.41) is 3.03. The first kappa shape index (κ1) is 17.1. The maximum atomic E-state index is 12.6. The zero-order chi connectivity index (χ0) is 17.9. The number of rotatable bonds is 5. The minimum Gasteiger partial charge on any atom is -0.468 e. The van der Waals surface area contributed by atoms with Crippen molar-refractivity contribution in [3.63, 3.8) is 0 Å². The normalized spacial score (nSPS) is 17.4. The lowest BCUT2D eigenvalue weighted by molar-refractivity contribution is 0.0895. The molecule has 4 rings (SSSR count). The number of carbonyl (C=O) groups excluding carboxylic acids is 1. The lowest BCUT2D eigenvalue weighted by atomic mass is 9.97. The first-order valence-corrected chi connectivity index (χ1v) is 9.57. The van der Waals surface area contributed by atoms with Crippen molar-refractivity contribution >= 4 is 28.8 Å². The molecule has 0 saturated carbocycles. The molecule has 1 atom stereocenters. The van der Waals surface area contributed by atoms with Crippen LogP contribution in [0.5, 0.6) is 0 Å². The Bertz CT molecular complexity index is 871. The van der Waals surface area contributed by atoms with Gasteiger partial charge in [0.25, 0.3) is 5.91 Å². The standard InChI is InChI=1S/C18H21N5O2S/c1-12-4-6-23(7-5-12)15(16-3-2-8-25-16)11-20-18(24)13-9-14-17(19-10-13)22-26-21-14/h2-3,8-10,12,15H,4-7,11H2,1H3,(H,20,24). The second kappa shape index (κ2) is 7.51. The van der Waals surface area contributed by atoms with E-state index < -0.39 is 0 Å². The molecule has 1 unspecified atom stereocenters. The Morgan fingerprint density at radius 3 is 3.04 bits per heavy atom. The molecular weight excluding hydrogens is 350 g/mol. The van der Waals surface area contributed by atoms with Gasteiger partial charge in [0.05, 0.1) is 29.6 Å². The summed E-state index contributed by atoms with van der Waals surface area (Å²) in [6.07, 6.45) is 5.57. The maximum Gasteiger partial charge on any atom is 0.252 e. The minimum absolute atomic E-state index is 0.0408. The van der Waals surface area contributed by atoms with Gasteiger partial charge < -0.3 is 9.73 Å². The van der Waals surface area contributed by atoms with Crippen molar-refractivity contribution in [3.05, 3.63) is 42.0 Å². The van der Waals surface area contributed by atoms with Gasteiger partial charge in [-0.2, -0.15) is 8.75 Å². The van der Waals surface area contributed by atoms with E-state index in [1.165, 1.54) is 12.8 Å². The lowest BCUT2D eigenvalue weighted by Crippen LogP contribution is -2.41. The Kier molecular flexibility index (Phi) is 4.94. The van der Waals surface area contributed by atoms with Crippen LogP contribution in [-0.2, 0) is 0 Å². The van der Waals surface area contributed by atoms with E-state index in [2.05, 4.69) is 30.9 Å². The molecule has 1 fully saturated rings. The molecule has 8 heteroatoms. The first-order chi connectivity index (χ1) is 12.7. The Morgan fingerprint density at radius 2 is 2.27 bits per heavy atom. The Labute approximate surface area is 155 Å². The molecule has 4 heterocycles. The van der Waals surface area contributed by atoms with Gasteiger partial charge in [0, 0.05) is 12.7 Å². The summed E-state index contributed by atoms with van der Waals surface area (Å²) in [5.74, 6) is 1.48. The van der Waals surface area contributed by atoms with Crippen LogP contribution in [0.4, 0.5) is 0 Å². The summed E-state index contributed by atoms with van der Waals surface area (Å²) in [6, 6.07) is 5.64. The van der Waals surface area contributed by atoms with E-state index in [0.29, 0.717) is 23.3 Å². The summed E-state index contributed by atoms with van der Waals surface area (Å²) < 4.78 is 13.8. The third-order valence-corrected chi connectivity index (χ3v) is 5.50. The topological polar surface area (TPSA) is 84.2 Å². The molecule has 0 radical (unpaired) electrons. The van der Waals surface area contributed by atoms with E-state index >= 15 is 0 Å². The number of pyridine rings is 1. The van der Waals surface area contributed by atoms with Crippen LogP contribution >= 0.6 is 11.7 Å². The smallest absolute Gasteiger partial charge is 0.252 e. The highest BCUT2D eigenvalue weighted by atomic mass is 32.1. The SMILES string of the molecule is CC1CCN(C(CNC(=O)c2cnc3nsnc3c2)c2ccco2)CC1. The highest BCUT2D eigenvalue weighted by Gasteiger charge is 2.27. The third-order valence-electron chi connectivity index (χ3n) is 4.96. The van der Waals surface area contributed by atoms with Gasteiger partial charge in [-0.1, -0.05) is 6.92 Å². The van der Waals surface area contributed by atoms with Crippen LogP contribution in [0.3, 0.4) is 0 Å². The Balaban J connectivity index is 1.46. The predicted octanol–water partition coefficient (Wildman–Crippen LogP) is 2.88. The van der Waals surface area contributed by atoms with E-state index in [1.54, 1.807) is 18.5 Å². The molecular formula is C18H21N5O2S. The second-order valence-electron chi connectivity index (χ2n) is 6.79. The van der Waals surface area contributed by atoms with Crippen LogP contribution in [0.25, 0.3) is 11.2 Å². The highest BCUT2D eigenvalue weighted by Crippen LogP contribution is 2.26. The van der Waals surface area contributed by atoms with E-state index in [-0.39, 0.29) is 11.9 Å². The van der Waals surface area contributed by atoms with Crippen LogP contribution in [0.1, 0.15) is 41.9 Å². The minimum atomic E-state index is -0.158. The van der Waals surface area contributed by atoms with Gasteiger partial charge in [-0.05, 0) is 50.0 Å². The van der Waals surface area contributed by atoms with Crippen LogP contribution < -0.4 is 5.32 Å². The summed E-state index contributed by atoms with van der Waals surface area (Å²) >= 11 is 1.10. The molecule has 3 aromatic rings. The largest absolute Gasteiger partial charge is 0.468 e. The quantitative estimate of drug-likeness (QED) is 0.742. The lowest BCUT2D eigenvalue weighted by Gasteiger charge is -2.35. The summed E-state index contributed by atoms with van der Waals surface area (Å²) in [5.41, 5.74) is 1.72. The molecule has 0 spiro atoms. The number of likely N-dealkylation sites (tertiary alicyclic amines) is 1. The fraction of sp³-hybridized carbons (Fsp3) is 0.444. The molecule has 1 aliphatic heterocycles. The number of nitrogens with one attached hydrogen (secondary N) is 1. The number of fused-ring (bicyclic) bond motifs is 1. The van der Waals surface area contributed by atoms with Gasteiger partial charge in [-0.3, -0.25) is 9.69 Å². The molecule has 26 heavy (non-hydrogen) atoms. The van der Waals surface area contributed by atoms with Gasteiger partial charge in [0.15, 0.2) is 5.65 Å². The van der Waals surface area contributed by atoms with Gasteiger partial charge >= 0.3 is 0 Å². The van der Waals surface area contributed by atoms with Crippen LogP contribution in [0.15, 0.2) is 35.1 Å². The van der Waals surface area contributed by atoms with Crippen molar-refractivity contribution in [2.24, 2.45) is 5.92 Å². The molecule has 3 aromatic heterocycles. The Morgan fingerprint density at radius 1 is 1.42 bits per heavy atom. The summed E-state index contributed by atoms with van der Waals surface area (Å²) in [4.78, 5) is 19.2. The molecule has 1 saturated heterocycles. The predicted molar refractivity (Wildman–Crippen MR) is 99.0 cm³/mol. The summed E-state index contributed by atoms with van der Waals surface area (Å²) in [7, 11) is 0. The summed E-state index contributed by atoms with van der Waals surface area (Å²) in [6.45, 7) is 4.81. The Hall–Kier alpha value is -2.32. The molecule has 7 nitrogen and oxygen atoms in total. The highest BCUT2D eigenvalue weighted by molar-refractivity contribution is 7.00. The number of hydrogen-bond acceptors (Lipinski definition) is 7. The van der Waals surface area contributed by atoms with Crippen molar-refractivity contribution in [3.8, 4) is 0 Å². The monoisotopic (exact) mass is 371 g/mol. The van der Waals surface area contributed by atoms with E-state index in [4.69, 9.17) is 4.42 Å². The van der Waals surface area contributed by atoms with Crippen molar-refractivity contribution < 1.29 is 9.21 Å². The van der Waals surface area contributed by atoms with Crippen molar-refractivity contribution in [2.75, 3.05) is 19.6 Å². The molecule has 136 valence electrons. The van der Waals surface area contributed by atoms with E-state index in [9.17, 15) is 4.79 Å². The molecule has 1 amide bonds. The second-order valence-corrected chi connectivity index (χ2v) is 7.32. The van der Waals surface area contributed by atoms with E-state index in [0.717, 1.165) is 36.5 Å². The van der Waals surface area contributed by atoms with Crippen molar-refractivity contribution in [2.45, 2.75) is 25.8 Å². The number of hydrogen-bond donors (Lipinski definition) is 1. The number of piperidine rings is 1. The number of aromatic nitrogens is 3. The van der Waals surface area contributed by atoms with Crippen LogP contribution in [0.2, 0.25) is 0 Å². The van der Waals surface area contributed by atoms with E-state index in [1.807, 2.05) is 12.1 Å². The number of furan rings is 1. The van der Waals surface area contributed by atoms with Crippen LogP contribution in [-0.4, -0.2) is 44.2 Å². The third kappa shape index (κ3) is 3.61. The van der Waals surface area contributed by atoms with Crippen LogP contribution in [0, 0.1) is 5.92 Å². The van der Waals surface area contributed by atoms with Gasteiger partial charge in [-0.15, -0.1) is 0 Å².